The first-order chi connectivity index (χ1) is 9.63. The zero-order valence-electron chi connectivity index (χ0n) is 12.1. The number of nitrogens with zero attached hydrogens (tertiary/aromatic N) is 2. The van der Waals surface area contributed by atoms with Crippen molar-refractivity contribution in [3.63, 3.8) is 0 Å². The molecule has 0 aromatic carbocycles. The number of fused-ring (bicyclic) bond motifs is 1. The minimum Gasteiger partial charge on any atom is -0.384 e. The van der Waals surface area contributed by atoms with E-state index in [9.17, 15) is 4.79 Å². The number of hydrogen-bond acceptors (Lipinski definition) is 5. The van der Waals surface area contributed by atoms with Gasteiger partial charge in [-0.1, -0.05) is 6.42 Å². The fourth-order valence-electron chi connectivity index (χ4n) is 2.92. The van der Waals surface area contributed by atoms with E-state index in [1.54, 1.807) is 18.4 Å². The predicted molar refractivity (Wildman–Crippen MR) is 78.9 cm³/mol. The molecule has 20 heavy (non-hydrogen) atoms. The van der Waals surface area contributed by atoms with Crippen LogP contribution in [-0.4, -0.2) is 43.1 Å². The van der Waals surface area contributed by atoms with Gasteiger partial charge in [-0.15, -0.1) is 11.3 Å². The van der Waals surface area contributed by atoms with Crippen molar-refractivity contribution in [1.82, 2.24) is 9.88 Å². The third kappa shape index (κ3) is 2.47. The van der Waals surface area contributed by atoms with Crippen LogP contribution in [0, 0.1) is 5.41 Å². The lowest BCUT2D eigenvalue weighted by Crippen LogP contribution is -2.45. The minimum atomic E-state index is -0.322. The molecule has 2 heterocycles. The summed E-state index contributed by atoms with van der Waals surface area (Å²) in [5, 5.41) is 3.76. The predicted octanol–water partition coefficient (Wildman–Crippen LogP) is 1.89. The van der Waals surface area contributed by atoms with Gasteiger partial charge >= 0.3 is 0 Å². The summed E-state index contributed by atoms with van der Waals surface area (Å²) in [6, 6.07) is 0. The van der Waals surface area contributed by atoms with Crippen LogP contribution < -0.4 is 5.32 Å². The molecule has 1 aliphatic carbocycles. The highest BCUT2D eigenvalue weighted by atomic mass is 32.1. The quantitative estimate of drug-likeness (QED) is 0.921. The average molecular weight is 295 g/mol. The second kappa shape index (κ2) is 5.42. The summed E-state index contributed by atoms with van der Waals surface area (Å²) in [5.74, 6) is 0.0741. The lowest BCUT2D eigenvalue weighted by atomic mass is 9.68. The van der Waals surface area contributed by atoms with E-state index in [1.807, 2.05) is 0 Å². The van der Waals surface area contributed by atoms with Crippen molar-refractivity contribution in [2.45, 2.75) is 32.2 Å². The van der Waals surface area contributed by atoms with Gasteiger partial charge in [0.2, 0.25) is 5.91 Å². The summed E-state index contributed by atoms with van der Waals surface area (Å²) in [6.45, 7) is 2.48. The van der Waals surface area contributed by atoms with Crippen molar-refractivity contribution in [2.75, 3.05) is 32.6 Å². The Hall–Kier alpha value is -0.980. The van der Waals surface area contributed by atoms with Gasteiger partial charge in [-0.2, -0.15) is 0 Å². The van der Waals surface area contributed by atoms with Crippen LogP contribution in [0.2, 0.25) is 0 Å². The molecule has 0 unspecified atom stereocenters. The highest BCUT2D eigenvalue weighted by Gasteiger charge is 2.44. The van der Waals surface area contributed by atoms with E-state index < -0.39 is 0 Å². The zero-order valence-corrected chi connectivity index (χ0v) is 12.9. The van der Waals surface area contributed by atoms with Gasteiger partial charge in [-0.25, -0.2) is 4.98 Å². The van der Waals surface area contributed by atoms with Crippen molar-refractivity contribution in [3.05, 3.63) is 10.6 Å². The van der Waals surface area contributed by atoms with E-state index in [-0.39, 0.29) is 11.3 Å². The number of aromatic nitrogens is 1. The van der Waals surface area contributed by atoms with Crippen molar-refractivity contribution < 1.29 is 9.53 Å². The minimum absolute atomic E-state index is 0.0741. The summed E-state index contributed by atoms with van der Waals surface area (Å²) in [5.41, 5.74) is 0.829. The lowest BCUT2D eigenvalue weighted by molar-refractivity contribution is -0.134. The summed E-state index contributed by atoms with van der Waals surface area (Å²) in [4.78, 5) is 20.6. The molecule has 5 nitrogen and oxygen atoms in total. The van der Waals surface area contributed by atoms with Gasteiger partial charge in [0, 0.05) is 31.5 Å². The Bertz CT molecular complexity index is 511. The molecule has 0 atom stereocenters. The van der Waals surface area contributed by atoms with Gasteiger partial charge in [0.05, 0.1) is 17.7 Å². The first-order valence-electron chi connectivity index (χ1n) is 7.10. The maximum absolute atomic E-state index is 12.4. The number of thiazole rings is 1. The number of carbonyl (C=O) groups excluding carboxylic acids is 1. The summed E-state index contributed by atoms with van der Waals surface area (Å²) >= 11 is 1.61. The van der Waals surface area contributed by atoms with Crippen LogP contribution in [0.5, 0.6) is 0 Å². The molecule has 6 heteroatoms. The Kier molecular flexibility index (Phi) is 3.79. The standard InChI is InChI=1S/C14H21N3O2S/c1-17-7-4-10-11(8-17)20-13(15-10)16-12(18)14(9-19-2)5-3-6-14/h3-9H2,1-2H3,(H,15,16,18). The molecule has 1 saturated carbocycles. The van der Waals surface area contributed by atoms with Crippen LogP contribution >= 0.6 is 11.3 Å². The summed E-state index contributed by atoms with van der Waals surface area (Å²) < 4.78 is 5.22. The molecule has 1 fully saturated rings. The third-order valence-corrected chi connectivity index (χ3v) is 5.35. The van der Waals surface area contributed by atoms with Gasteiger partial charge in [0.25, 0.3) is 0 Å². The van der Waals surface area contributed by atoms with Crippen LogP contribution in [0.4, 0.5) is 5.13 Å². The van der Waals surface area contributed by atoms with Crippen molar-refractivity contribution in [1.29, 1.82) is 0 Å². The van der Waals surface area contributed by atoms with Gasteiger partial charge in [-0.05, 0) is 19.9 Å². The Balaban J connectivity index is 1.70. The number of hydrogen-bond donors (Lipinski definition) is 1. The molecule has 0 bridgehead atoms. The number of nitrogens with one attached hydrogen (secondary N) is 1. The summed E-state index contributed by atoms with van der Waals surface area (Å²) in [6.07, 6.45) is 3.92. The van der Waals surface area contributed by atoms with Crippen molar-refractivity contribution in [2.24, 2.45) is 5.41 Å². The largest absolute Gasteiger partial charge is 0.384 e. The van der Waals surface area contributed by atoms with E-state index in [1.165, 1.54) is 4.88 Å². The number of anilines is 1. The fourth-order valence-corrected chi connectivity index (χ4v) is 4.01. The maximum atomic E-state index is 12.4. The monoisotopic (exact) mass is 295 g/mol. The van der Waals surface area contributed by atoms with E-state index >= 15 is 0 Å². The number of carbonyl (C=O) groups is 1. The van der Waals surface area contributed by atoms with Gasteiger partial charge in [0.15, 0.2) is 5.13 Å². The average Bonchev–Trinajstić information content (AvgIpc) is 2.74. The first-order valence-corrected chi connectivity index (χ1v) is 7.92. The lowest BCUT2D eigenvalue weighted by Gasteiger charge is -2.39. The van der Waals surface area contributed by atoms with E-state index in [0.717, 1.165) is 49.6 Å². The number of ether oxygens (including phenoxy) is 1. The Morgan fingerprint density at radius 3 is 3.00 bits per heavy atom. The Morgan fingerprint density at radius 2 is 2.35 bits per heavy atom. The van der Waals surface area contributed by atoms with Crippen LogP contribution in [0.3, 0.4) is 0 Å². The highest BCUT2D eigenvalue weighted by molar-refractivity contribution is 7.15. The number of likely N-dealkylation sites (N-methyl/N-ethyl adjacent to an activating group) is 1. The van der Waals surface area contributed by atoms with Gasteiger partial charge in [0.1, 0.15) is 0 Å². The molecule has 1 amide bonds. The SMILES string of the molecule is COCC1(C(=O)Nc2nc3c(s2)CN(C)CC3)CCC1. The first kappa shape index (κ1) is 14.0. The molecule has 1 aliphatic heterocycles. The fraction of sp³-hybridized carbons (Fsp3) is 0.714. The second-order valence-corrected chi connectivity index (χ2v) is 6.98. The molecule has 1 N–H and O–H groups in total. The molecule has 1 aromatic heterocycles. The molecular weight excluding hydrogens is 274 g/mol. The highest BCUT2D eigenvalue weighted by Crippen LogP contribution is 2.42. The van der Waals surface area contributed by atoms with Crippen LogP contribution in [0.25, 0.3) is 0 Å². The zero-order chi connectivity index (χ0) is 14.2. The van der Waals surface area contributed by atoms with E-state index in [4.69, 9.17) is 4.74 Å². The molecule has 3 rings (SSSR count). The van der Waals surface area contributed by atoms with Gasteiger partial charge in [-0.3, -0.25) is 4.79 Å². The maximum Gasteiger partial charge on any atom is 0.234 e. The van der Waals surface area contributed by atoms with Crippen LogP contribution in [0.1, 0.15) is 29.8 Å². The topological polar surface area (TPSA) is 54.5 Å². The van der Waals surface area contributed by atoms with Gasteiger partial charge < -0.3 is 15.0 Å². The molecule has 110 valence electrons. The second-order valence-electron chi connectivity index (χ2n) is 5.90. The molecule has 0 spiro atoms. The van der Waals surface area contributed by atoms with Crippen LogP contribution in [-0.2, 0) is 22.5 Å². The molecular formula is C14H21N3O2S. The number of rotatable bonds is 4. The van der Waals surface area contributed by atoms with E-state index in [2.05, 4.69) is 22.2 Å². The number of amides is 1. The molecule has 0 radical (unpaired) electrons. The molecule has 2 aliphatic rings. The Morgan fingerprint density at radius 1 is 1.55 bits per heavy atom. The van der Waals surface area contributed by atoms with E-state index in [0.29, 0.717) is 6.61 Å². The van der Waals surface area contributed by atoms with Crippen molar-refractivity contribution in [3.8, 4) is 0 Å². The summed E-state index contributed by atoms with van der Waals surface area (Å²) in [7, 11) is 3.77. The molecule has 0 saturated heterocycles. The smallest absolute Gasteiger partial charge is 0.234 e. The van der Waals surface area contributed by atoms with Crippen LogP contribution in [0.15, 0.2) is 0 Å². The molecule has 1 aromatic rings. The number of methoxy groups -OCH3 is 1. The van der Waals surface area contributed by atoms with Crippen molar-refractivity contribution >= 4 is 22.4 Å². The Labute approximate surface area is 123 Å². The third-order valence-electron chi connectivity index (χ3n) is 4.36. The normalized spacial score (nSPS) is 21.1.